The van der Waals surface area contributed by atoms with Gasteiger partial charge in [-0.05, 0) is 39.7 Å². The van der Waals surface area contributed by atoms with Crippen molar-refractivity contribution in [1.82, 2.24) is 0 Å². The summed E-state index contributed by atoms with van der Waals surface area (Å²) in [5.74, 6) is -0.872. The summed E-state index contributed by atoms with van der Waals surface area (Å²) in [6.45, 7) is 5.92. The van der Waals surface area contributed by atoms with Crippen LogP contribution < -0.4 is 0 Å². The van der Waals surface area contributed by atoms with Crippen molar-refractivity contribution in [3.05, 3.63) is 70.3 Å². The van der Waals surface area contributed by atoms with E-state index in [1.54, 1.807) is 49.6 Å². The standard InChI is InChI=1S/C23H24O5S/c1-14(13-23(2,3)27-4)29-28-22(26)15-9-11-18-19(12-10-15)21(25)17-8-6-5-7-16(17)20(18)24/h5-9,11-12,14H,10,13H2,1-4H3. The van der Waals surface area contributed by atoms with E-state index in [1.807, 2.05) is 20.8 Å². The molecule has 29 heavy (non-hydrogen) atoms. The molecular formula is C23H24O5S. The van der Waals surface area contributed by atoms with E-state index in [-0.39, 0.29) is 28.8 Å². The smallest absolute Gasteiger partial charge is 0.346 e. The van der Waals surface area contributed by atoms with Gasteiger partial charge in [-0.1, -0.05) is 36.4 Å². The molecule has 0 radical (unpaired) electrons. The summed E-state index contributed by atoms with van der Waals surface area (Å²) in [7, 11) is 1.65. The maximum Gasteiger partial charge on any atom is 0.346 e. The number of ketones is 2. The number of methoxy groups -OCH3 is 1. The van der Waals surface area contributed by atoms with Crippen molar-refractivity contribution in [1.29, 1.82) is 0 Å². The molecule has 2 aliphatic carbocycles. The monoisotopic (exact) mass is 412 g/mol. The number of fused-ring (bicyclic) bond motifs is 2. The first-order valence-electron chi connectivity index (χ1n) is 9.46. The Hall–Kier alpha value is -2.44. The van der Waals surface area contributed by atoms with Gasteiger partial charge in [-0.3, -0.25) is 9.59 Å². The molecule has 0 saturated carbocycles. The highest BCUT2D eigenvalue weighted by atomic mass is 32.2. The molecule has 0 bridgehead atoms. The maximum absolute atomic E-state index is 12.8. The topological polar surface area (TPSA) is 69.7 Å². The second-order valence-corrected chi connectivity index (χ2v) is 8.91. The van der Waals surface area contributed by atoms with E-state index in [4.69, 9.17) is 8.92 Å². The Bertz CT molecular complexity index is 952. The highest BCUT2D eigenvalue weighted by Crippen LogP contribution is 2.32. The molecule has 152 valence electrons. The van der Waals surface area contributed by atoms with Crippen LogP contribution in [0.5, 0.6) is 0 Å². The molecule has 1 aromatic rings. The second kappa shape index (κ2) is 8.51. The van der Waals surface area contributed by atoms with Gasteiger partial charge in [0.05, 0.1) is 17.6 Å². The molecule has 5 nitrogen and oxygen atoms in total. The molecule has 0 aliphatic heterocycles. The van der Waals surface area contributed by atoms with E-state index in [0.717, 1.165) is 18.5 Å². The summed E-state index contributed by atoms with van der Waals surface area (Å²) >= 11 is 1.10. The van der Waals surface area contributed by atoms with E-state index >= 15 is 0 Å². The number of allylic oxidation sites excluding steroid dienone is 5. The second-order valence-electron chi connectivity index (χ2n) is 7.74. The lowest BCUT2D eigenvalue weighted by atomic mass is 9.82. The number of hydrogen-bond donors (Lipinski definition) is 0. The molecular weight excluding hydrogens is 388 g/mol. The van der Waals surface area contributed by atoms with Crippen molar-refractivity contribution in [2.24, 2.45) is 0 Å². The number of rotatable bonds is 6. The van der Waals surface area contributed by atoms with Gasteiger partial charge < -0.3 is 8.92 Å². The van der Waals surface area contributed by atoms with Gasteiger partial charge in [0, 0.05) is 40.2 Å². The van der Waals surface area contributed by atoms with E-state index in [1.165, 1.54) is 0 Å². The molecule has 1 unspecified atom stereocenters. The summed E-state index contributed by atoms with van der Waals surface area (Å²) in [6, 6.07) is 6.77. The lowest BCUT2D eigenvalue weighted by molar-refractivity contribution is -0.129. The summed E-state index contributed by atoms with van der Waals surface area (Å²) in [5, 5.41) is 0.0530. The normalized spacial score (nSPS) is 17.3. The van der Waals surface area contributed by atoms with Gasteiger partial charge in [-0.25, -0.2) is 4.79 Å². The van der Waals surface area contributed by atoms with Gasteiger partial charge in [0.1, 0.15) is 0 Å². The lowest BCUT2D eigenvalue weighted by Gasteiger charge is -2.25. The van der Waals surface area contributed by atoms with Gasteiger partial charge in [-0.2, -0.15) is 0 Å². The molecule has 3 rings (SSSR count). The third-order valence-corrected chi connectivity index (χ3v) is 5.80. The highest BCUT2D eigenvalue weighted by Gasteiger charge is 2.33. The molecule has 0 saturated heterocycles. The first-order chi connectivity index (χ1) is 13.7. The Morgan fingerprint density at radius 3 is 2.34 bits per heavy atom. The summed E-state index contributed by atoms with van der Waals surface area (Å²) in [4.78, 5) is 38.1. The predicted molar refractivity (Wildman–Crippen MR) is 113 cm³/mol. The predicted octanol–water partition coefficient (Wildman–Crippen LogP) is 4.64. The molecule has 2 aliphatic rings. The van der Waals surface area contributed by atoms with Crippen molar-refractivity contribution in [3.8, 4) is 0 Å². The third-order valence-electron chi connectivity index (χ3n) is 5.05. The minimum Gasteiger partial charge on any atom is -0.388 e. The van der Waals surface area contributed by atoms with E-state index < -0.39 is 5.97 Å². The SMILES string of the molecule is COC(C)(C)CC(C)SOC(=O)C1=CC=C2C(=O)c3ccccc3C(=O)C2=CC1. The number of ether oxygens (including phenoxy) is 1. The molecule has 0 aromatic heterocycles. The third kappa shape index (κ3) is 4.60. The zero-order chi connectivity index (χ0) is 21.2. The Kier molecular flexibility index (Phi) is 6.24. The molecule has 0 spiro atoms. The number of hydrogen-bond acceptors (Lipinski definition) is 6. The number of benzene rings is 1. The average molecular weight is 413 g/mol. The molecule has 6 heteroatoms. The van der Waals surface area contributed by atoms with E-state index in [9.17, 15) is 14.4 Å². The minimum absolute atomic E-state index is 0.0530. The minimum atomic E-state index is -0.471. The van der Waals surface area contributed by atoms with Crippen LogP contribution in [0.3, 0.4) is 0 Å². The molecule has 0 fully saturated rings. The highest BCUT2D eigenvalue weighted by molar-refractivity contribution is 7.95. The number of Topliss-reactive ketones (excluding diaryl/α,β-unsaturated/α-hetero) is 2. The zero-order valence-electron chi connectivity index (χ0n) is 17.0. The van der Waals surface area contributed by atoms with Crippen LogP contribution in [0.25, 0.3) is 0 Å². The van der Waals surface area contributed by atoms with Gasteiger partial charge in [-0.15, -0.1) is 0 Å². The average Bonchev–Trinajstić information content (AvgIpc) is 2.93. The lowest BCUT2D eigenvalue weighted by Crippen LogP contribution is -2.26. The Morgan fingerprint density at radius 2 is 1.72 bits per heavy atom. The summed E-state index contributed by atoms with van der Waals surface area (Å²) in [6.07, 6.45) is 5.71. The Balaban J connectivity index is 1.73. The van der Waals surface area contributed by atoms with Crippen LogP contribution in [0.2, 0.25) is 0 Å². The van der Waals surface area contributed by atoms with Crippen molar-refractivity contribution in [2.45, 2.75) is 44.5 Å². The van der Waals surface area contributed by atoms with Crippen molar-refractivity contribution < 1.29 is 23.3 Å². The summed E-state index contributed by atoms with van der Waals surface area (Å²) in [5.41, 5.74) is 1.55. The van der Waals surface area contributed by atoms with Crippen LogP contribution in [0.4, 0.5) is 0 Å². The fourth-order valence-electron chi connectivity index (χ4n) is 3.39. The fourth-order valence-corrected chi connectivity index (χ4v) is 4.21. The van der Waals surface area contributed by atoms with Crippen molar-refractivity contribution in [3.63, 3.8) is 0 Å². The quantitative estimate of drug-likeness (QED) is 0.634. The molecule has 1 aromatic carbocycles. The summed E-state index contributed by atoms with van der Waals surface area (Å²) < 4.78 is 10.8. The number of carbonyl (C=O) groups excluding carboxylic acids is 3. The molecule has 1 atom stereocenters. The number of carbonyl (C=O) groups is 3. The van der Waals surface area contributed by atoms with Crippen LogP contribution in [0, 0.1) is 0 Å². The van der Waals surface area contributed by atoms with Crippen LogP contribution in [0.1, 0.15) is 54.3 Å². The van der Waals surface area contributed by atoms with Crippen LogP contribution >= 0.6 is 12.0 Å². The van der Waals surface area contributed by atoms with Crippen molar-refractivity contribution in [2.75, 3.05) is 7.11 Å². The fraction of sp³-hybridized carbons (Fsp3) is 0.348. The van der Waals surface area contributed by atoms with Crippen LogP contribution in [-0.2, 0) is 13.7 Å². The van der Waals surface area contributed by atoms with Crippen molar-refractivity contribution >= 4 is 29.6 Å². The first-order valence-corrected chi connectivity index (χ1v) is 10.3. The maximum atomic E-state index is 12.8. The van der Waals surface area contributed by atoms with E-state index in [0.29, 0.717) is 27.8 Å². The largest absolute Gasteiger partial charge is 0.388 e. The van der Waals surface area contributed by atoms with Crippen LogP contribution in [0.15, 0.2) is 59.2 Å². The van der Waals surface area contributed by atoms with E-state index in [2.05, 4.69) is 0 Å². The Labute approximate surface area is 175 Å². The molecule has 0 amide bonds. The first kappa shape index (κ1) is 21.3. The molecule has 0 heterocycles. The molecule has 0 N–H and O–H groups in total. The Morgan fingerprint density at radius 1 is 1.10 bits per heavy atom. The van der Waals surface area contributed by atoms with Gasteiger partial charge in [0.15, 0.2) is 11.6 Å². The van der Waals surface area contributed by atoms with Gasteiger partial charge in [0.25, 0.3) is 0 Å². The van der Waals surface area contributed by atoms with Crippen LogP contribution in [-0.4, -0.2) is 35.5 Å². The van der Waals surface area contributed by atoms with Gasteiger partial charge >= 0.3 is 5.97 Å². The zero-order valence-corrected chi connectivity index (χ0v) is 17.8. The van der Waals surface area contributed by atoms with Gasteiger partial charge in [0.2, 0.25) is 0 Å².